The third-order valence-electron chi connectivity index (χ3n) is 5.51. The summed E-state index contributed by atoms with van der Waals surface area (Å²) >= 11 is 0. The number of aromatic nitrogens is 3. The average molecular weight is 408 g/mol. The summed E-state index contributed by atoms with van der Waals surface area (Å²) in [5.41, 5.74) is 2.07. The van der Waals surface area contributed by atoms with Gasteiger partial charge in [0.15, 0.2) is 11.5 Å². The number of nitrogens with one attached hydrogen (secondary N) is 2. The van der Waals surface area contributed by atoms with E-state index in [1.807, 2.05) is 35.7 Å². The molecule has 3 heterocycles. The summed E-state index contributed by atoms with van der Waals surface area (Å²) in [5.74, 6) is 0.719. The normalized spacial score (nSPS) is 15.8. The van der Waals surface area contributed by atoms with Gasteiger partial charge >= 0.3 is 6.03 Å². The van der Waals surface area contributed by atoms with Crippen molar-refractivity contribution in [3.05, 3.63) is 60.6 Å². The standard InChI is InChI=1S/C22H29N7O/c1-18(21-26-25-20-10-5-6-13-29(20)21)24-22(30)23-11-7-12-27-14-16-28(17-15-27)19-8-3-2-4-9-19/h2-6,8-10,13,18H,7,11-12,14-17H2,1H3,(H2,23,24,30). The highest BCUT2D eigenvalue weighted by Crippen LogP contribution is 2.15. The van der Waals surface area contributed by atoms with Crippen LogP contribution in [0.3, 0.4) is 0 Å². The van der Waals surface area contributed by atoms with Crippen LogP contribution < -0.4 is 15.5 Å². The molecule has 1 unspecified atom stereocenters. The van der Waals surface area contributed by atoms with E-state index in [9.17, 15) is 4.79 Å². The van der Waals surface area contributed by atoms with Gasteiger partial charge < -0.3 is 15.5 Å². The zero-order valence-electron chi connectivity index (χ0n) is 17.4. The van der Waals surface area contributed by atoms with Crippen molar-refractivity contribution in [2.24, 2.45) is 0 Å². The zero-order chi connectivity index (χ0) is 20.8. The van der Waals surface area contributed by atoms with Crippen LogP contribution >= 0.6 is 0 Å². The summed E-state index contributed by atoms with van der Waals surface area (Å²) in [6.07, 6.45) is 2.83. The van der Waals surface area contributed by atoms with Gasteiger partial charge in [-0.3, -0.25) is 9.30 Å². The van der Waals surface area contributed by atoms with E-state index in [1.165, 1.54) is 5.69 Å². The summed E-state index contributed by atoms with van der Waals surface area (Å²) in [5, 5.41) is 14.2. The van der Waals surface area contributed by atoms with Crippen LogP contribution in [0.4, 0.5) is 10.5 Å². The number of carbonyl (C=O) groups excluding carboxylic acids is 1. The number of urea groups is 1. The van der Waals surface area contributed by atoms with Crippen molar-refractivity contribution >= 4 is 17.4 Å². The first-order valence-electron chi connectivity index (χ1n) is 10.6. The van der Waals surface area contributed by atoms with Gasteiger partial charge in [-0.05, 0) is 44.2 Å². The van der Waals surface area contributed by atoms with Crippen molar-refractivity contribution in [1.82, 2.24) is 30.1 Å². The minimum Gasteiger partial charge on any atom is -0.369 e. The van der Waals surface area contributed by atoms with Crippen LogP contribution in [-0.4, -0.2) is 64.8 Å². The second-order valence-corrected chi connectivity index (χ2v) is 7.63. The number of rotatable bonds is 7. The molecule has 1 aliphatic heterocycles. The lowest BCUT2D eigenvalue weighted by atomic mass is 10.2. The molecule has 30 heavy (non-hydrogen) atoms. The Morgan fingerprint density at radius 3 is 2.60 bits per heavy atom. The molecular weight excluding hydrogens is 378 g/mol. The molecule has 1 aromatic carbocycles. The Hall–Kier alpha value is -3.13. The molecule has 8 nitrogen and oxygen atoms in total. The molecule has 0 aliphatic carbocycles. The highest BCUT2D eigenvalue weighted by atomic mass is 16.2. The monoisotopic (exact) mass is 407 g/mol. The third kappa shape index (κ3) is 4.88. The van der Waals surface area contributed by atoms with Gasteiger partial charge in [0.25, 0.3) is 0 Å². The molecule has 3 aromatic rings. The molecule has 4 rings (SSSR count). The molecule has 0 radical (unpaired) electrons. The van der Waals surface area contributed by atoms with Crippen LogP contribution in [0.2, 0.25) is 0 Å². The Morgan fingerprint density at radius 1 is 1.03 bits per heavy atom. The van der Waals surface area contributed by atoms with Gasteiger partial charge in [0.1, 0.15) is 0 Å². The van der Waals surface area contributed by atoms with Gasteiger partial charge in [0, 0.05) is 44.6 Å². The van der Waals surface area contributed by atoms with Crippen LogP contribution in [0.5, 0.6) is 0 Å². The maximum atomic E-state index is 12.2. The molecule has 2 N–H and O–H groups in total. The number of piperazine rings is 1. The van der Waals surface area contributed by atoms with Crippen LogP contribution in [0.25, 0.3) is 5.65 Å². The van der Waals surface area contributed by atoms with Crippen molar-refractivity contribution in [2.75, 3.05) is 44.2 Å². The molecule has 158 valence electrons. The summed E-state index contributed by atoms with van der Waals surface area (Å²) in [4.78, 5) is 17.1. The number of hydrogen-bond donors (Lipinski definition) is 2. The van der Waals surface area contributed by atoms with Gasteiger partial charge in [-0.15, -0.1) is 10.2 Å². The molecule has 1 fully saturated rings. The molecule has 0 spiro atoms. The van der Waals surface area contributed by atoms with Crippen LogP contribution in [0.15, 0.2) is 54.7 Å². The van der Waals surface area contributed by atoms with E-state index in [2.05, 4.69) is 61.0 Å². The second kappa shape index (κ2) is 9.58. The van der Waals surface area contributed by atoms with Gasteiger partial charge in [0.05, 0.1) is 6.04 Å². The fourth-order valence-electron chi connectivity index (χ4n) is 3.84. The van der Waals surface area contributed by atoms with E-state index in [1.54, 1.807) is 0 Å². The topological polar surface area (TPSA) is 77.8 Å². The Kier molecular flexibility index (Phi) is 6.44. The summed E-state index contributed by atoms with van der Waals surface area (Å²) < 4.78 is 1.89. The number of fused-ring (bicyclic) bond motifs is 1. The van der Waals surface area contributed by atoms with Crippen LogP contribution in [0, 0.1) is 0 Å². The lowest BCUT2D eigenvalue weighted by molar-refractivity contribution is 0.233. The predicted molar refractivity (Wildman–Crippen MR) is 118 cm³/mol. The third-order valence-corrected chi connectivity index (χ3v) is 5.51. The van der Waals surface area contributed by atoms with Gasteiger partial charge in [-0.2, -0.15) is 0 Å². The molecule has 1 aliphatic rings. The van der Waals surface area contributed by atoms with Crippen molar-refractivity contribution in [3.8, 4) is 0 Å². The molecule has 8 heteroatoms. The van der Waals surface area contributed by atoms with E-state index < -0.39 is 0 Å². The average Bonchev–Trinajstić information content (AvgIpc) is 3.22. The highest BCUT2D eigenvalue weighted by Gasteiger charge is 2.17. The summed E-state index contributed by atoms with van der Waals surface area (Å²) in [6, 6.07) is 15.9. The smallest absolute Gasteiger partial charge is 0.315 e. The van der Waals surface area contributed by atoms with Crippen molar-refractivity contribution in [1.29, 1.82) is 0 Å². The fraction of sp³-hybridized carbons (Fsp3) is 0.409. The maximum Gasteiger partial charge on any atom is 0.315 e. The molecule has 2 amide bonds. The molecule has 1 atom stereocenters. The van der Waals surface area contributed by atoms with E-state index in [4.69, 9.17) is 0 Å². The maximum absolute atomic E-state index is 12.2. The first-order chi connectivity index (χ1) is 14.7. The first-order valence-corrected chi connectivity index (χ1v) is 10.6. The lowest BCUT2D eigenvalue weighted by Crippen LogP contribution is -2.47. The fourth-order valence-corrected chi connectivity index (χ4v) is 3.84. The number of nitrogens with zero attached hydrogens (tertiary/aromatic N) is 5. The number of hydrogen-bond acceptors (Lipinski definition) is 5. The van der Waals surface area contributed by atoms with Crippen LogP contribution in [0.1, 0.15) is 25.2 Å². The Morgan fingerprint density at radius 2 is 1.80 bits per heavy atom. The summed E-state index contributed by atoms with van der Waals surface area (Å²) in [7, 11) is 0. The number of para-hydroxylation sites is 1. The van der Waals surface area contributed by atoms with E-state index in [-0.39, 0.29) is 12.1 Å². The highest BCUT2D eigenvalue weighted by molar-refractivity contribution is 5.74. The minimum atomic E-state index is -0.228. The molecule has 0 saturated carbocycles. The van der Waals surface area contributed by atoms with Crippen molar-refractivity contribution in [2.45, 2.75) is 19.4 Å². The Bertz CT molecular complexity index is 950. The predicted octanol–water partition coefficient (Wildman–Crippen LogP) is 2.30. The Balaban J connectivity index is 1.14. The van der Waals surface area contributed by atoms with Gasteiger partial charge in [0.2, 0.25) is 0 Å². The van der Waals surface area contributed by atoms with Gasteiger partial charge in [-0.1, -0.05) is 24.3 Å². The number of benzene rings is 1. The first kappa shape index (κ1) is 20.2. The van der Waals surface area contributed by atoms with Crippen molar-refractivity contribution < 1.29 is 4.79 Å². The molecule has 1 saturated heterocycles. The van der Waals surface area contributed by atoms with E-state index in [0.717, 1.165) is 50.6 Å². The lowest BCUT2D eigenvalue weighted by Gasteiger charge is -2.36. The molecule has 2 aromatic heterocycles. The molecular formula is C22H29N7O. The minimum absolute atomic E-state index is 0.177. The number of amides is 2. The zero-order valence-corrected chi connectivity index (χ0v) is 17.4. The largest absolute Gasteiger partial charge is 0.369 e. The number of anilines is 1. The summed E-state index contributed by atoms with van der Waals surface area (Å²) in [6.45, 7) is 7.75. The van der Waals surface area contributed by atoms with Crippen molar-refractivity contribution in [3.63, 3.8) is 0 Å². The van der Waals surface area contributed by atoms with E-state index >= 15 is 0 Å². The number of pyridine rings is 1. The quantitative estimate of drug-likeness (QED) is 0.588. The van der Waals surface area contributed by atoms with E-state index in [0.29, 0.717) is 6.54 Å². The number of carbonyl (C=O) groups is 1. The van der Waals surface area contributed by atoms with Gasteiger partial charge in [-0.25, -0.2) is 4.79 Å². The Labute approximate surface area is 176 Å². The van der Waals surface area contributed by atoms with Crippen LogP contribution in [-0.2, 0) is 0 Å². The molecule has 0 bridgehead atoms. The SMILES string of the molecule is CC(NC(=O)NCCCN1CCN(c2ccccc2)CC1)c1nnc2ccccn12. The second-order valence-electron chi connectivity index (χ2n) is 7.63.